The van der Waals surface area contributed by atoms with Crippen LogP contribution in [0.25, 0.3) is 0 Å². The van der Waals surface area contributed by atoms with E-state index in [1.54, 1.807) is 0 Å². The van der Waals surface area contributed by atoms with Crippen molar-refractivity contribution in [2.75, 3.05) is 19.7 Å². The van der Waals surface area contributed by atoms with Crippen molar-refractivity contribution in [2.24, 2.45) is 0 Å². The molecule has 7 nitrogen and oxygen atoms in total. The van der Waals surface area contributed by atoms with Gasteiger partial charge in [-0.15, -0.1) is 0 Å². The van der Waals surface area contributed by atoms with Gasteiger partial charge in [0.15, 0.2) is 5.75 Å². The molecule has 0 spiro atoms. The second-order valence-electron chi connectivity index (χ2n) is 3.82. The van der Waals surface area contributed by atoms with Gasteiger partial charge >= 0.3 is 5.69 Å². The molecule has 0 saturated heterocycles. The topological polar surface area (TPSA) is 108 Å². The number of aliphatic hydroxyl groups is 1. The number of hydrogen-bond acceptors (Lipinski definition) is 6. The largest absolute Gasteiger partial charge is 0.484 e. The molecule has 0 fully saturated rings. The molecule has 1 aromatic carbocycles. The van der Waals surface area contributed by atoms with Crippen molar-refractivity contribution in [3.05, 3.63) is 33.9 Å². The van der Waals surface area contributed by atoms with Crippen molar-refractivity contribution >= 4 is 5.69 Å². The van der Waals surface area contributed by atoms with E-state index < -0.39 is 11.0 Å². The molecule has 19 heavy (non-hydrogen) atoms. The maximum atomic E-state index is 10.8. The van der Waals surface area contributed by atoms with Gasteiger partial charge in [0, 0.05) is 12.6 Å². The highest BCUT2D eigenvalue weighted by Gasteiger charge is 2.17. The third-order valence-corrected chi connectivity index (χ3v) is 2.35. The van der Waals surface area contributed by atoms with Crippen molar-refractivity contribution in [3.63, 3.8) is 0 Å². The first kappa shape index (κ1) is 14.9. The van der Waals surface area contributed by atoms with E-state index in [1.807, 2.05) is 13.0 Å². The van der Waals surface area contributed by atoms with Crippen molar-refractivity contribution in [3.8, 4) is 11.8 Å². The molecule has 0 bridgehead atoms. The molecule has 7 heteroatoms. The lowest BCUT2D eigenvalue weighted by molar-refractivity contribution is -0.385. The van der Waals surface area contributed by atoms with E-state index in [0.717, 1.165) is 6.07 Å². The maximum Gasteiger partial charge on any atom is 0.312 e. The van der Waals surface area contributed by atoms with Crippen LogP contribution in [-0.4, -0.2) is 35.8 Å². The second-order valence-corrected chi connectivity index (χ2v) is 3.82. The molecule has 2 N–H and O–H groups in total. The molecule has 1 rings (SSSR count). The summed E-state index contributed by atoms with van der Waals surface area (Å²) in [5.41, 5.74) is -0.0954. The van der Waals surface area contributed by atoms with Crippen LogP contribution in [0.3, 0.4) is 0 Å². The molecule has 0 amide bonds. The molecular weight excluding hydrogens is 250 g/mol. The summed E-state index contributed by atoms with van der Waals surface area (Å²) in [7, 11) is 0. The molecule has 1 aromatic rings. The fourth-order valence-electron chi connectivity index (χ4n) is 1.41. The van der Waals surface area contributed by atoms with Crippen LogP contribution in [0, 0.1) is 21.4 Å². The Morgan fingerprint density at radius 2 is 2.37 bits per heavy atom. The third-order valence-electron chi connectivity index (χ3n) is 2.35. The van der Waals surface area contributed by atoms with E-state index in [4.69, 9.17) is 10.00 Å². The molecule has 1 atom stereocenters. The molecule has 0 aliphatic carbocycles. The van der Waals surface area contributed by atoms with Gasteiger partial charge in [-0.1, -0.05) is 6.92 Å². The smallest absolute Gasteiger partial charge is 0.312 e. The van der Waals surface area contributed by atoms with Crippen LogP contribution in [0.1, 0.15) is 12.5 Å². The van der Waals surface area contributed by atoms with Crippen molar-refractivity contribution in [2.45, 2.75) is 13.0 Å². The van der Waals surface area contributed by atoms with E-state index in [2.05, 4.69) is 5.32 Å². The van der Waals surface area contributed by atoms with Gasteiger partial charge in [0.2, 0.25) is 0 Å². The number of hydrogen-bond donors (Lipinski definition) is 2. The van der Waals surface area contributed by atoms with E-state index >= 15 is 0 Å². The molecule has 0 aliphatic heterocycles. The van der Waals surface area contributed by atoms with Crippen LogP contribution in [0.4, 0.5) is 5.69 Å². The van der Waals surface area contributed by atoms with Gasteiger partial charge < -0.3 is 15.2 Å². The summed E-state index contributed by atoms with van der Waals surface area (Å²) < 4.78 is 5.22. The summed E-state index contributed by atoms with van der Waals surface area (Å²) in [6, 6.07) is 5.76. The number of rotatable bonds is 7. The number of aliphatic hydroxyl groups excluding tert-OH is 1. The van der Waals surface area contributed by atoms with Crippen LogP contribution in [-0.2, 0) is 0 Å². The van der Waals surface area contributed by atoms with Crippen molar-refractivity contribution in [1.82, 2.24) is 5.32 Å². The Bertz CT molecular complexity index is 484. The quantitative estimate of drug-likeness (QED) is 0.558. The molecule has 0 heterocycles. The summed E-state index contributed by atoms with van der Waals surface area (Å²) in [5, 5.41) is 32.0. The Kier molecular flexibility index (Phi) is 5.73. The Hall–Kier alpha value is -2.17. The predicted octanol–water partition coefficient (Wildman–Crippen LogP) is 0.816. The van der Waals surface area contributed by atoms with E-state index in [1.165, 1.54) is 12.1 Å². The Morgan fingerprint density at radius 3 is 2.95 bits per heavy atom. The van der Waals surface area contributed by atoms with Gasteiger partial charge in [-0.05, 0) is 18.7 Å². The minimum Gasteiger partial charge on any atom is -0.484 e. The van der Waals surface area contributed by atoms with E-state index in [-0.39, 0.29) is 23.6 Å². The van der Waals surface area contributed by atoms with E-state index in [9.17, 15) is 15.2 Å². The van der Waals surface area contributed by atoms with Gasteiger partial charge in [0.25, 0.3) is 0 Å². The number of nitriles is 1. The first-order valence-electron chi connectivity index (χ1n) is 5.78. The lowest BCUT2D eigenvalue weighted by atomic mass is 10.2. The lowest BCUT2D eigenvalue weighted by Crippen LogP contribution is -2.31. The van der Waals surface area contributed by atoms with Crippen LogP contribution in [0.2, 0.25) is 0 Å². The van der Waals surface area contributed by atoms with Crippen molar-refractivity contribution in [1.29, 1.82) is 5.26 Å². The number of likely N-dealkylation sites (N-methyl/N-ethyl adjacent to an activating group) is 1. The van der Waals surface area contributed by atoms with E-state index in [0.29, 0.717) is 13.1 Å². The van der Waals surface area contributed by atoms with Crippen LogP contribution in [0.15, 0.2) is 18.2 Å². The first-order chi connectivity index (χ1) is 9.08. The zero-order valence-electron chi connectivity index (χ0n) is 10.5. The Balaban J connectivity index is 2.73. The van der Waals surface area contributed by atoms with Gasteiger partial charge in [-0.2, -0.15) is 5.26 Å². The lowest BCUT2D eigenvalue weighted by Gasteiger charge is -2.12. The number of nitrogens with one attached hydrogen (secondary N) is 1. The normalized spacial score (nSPS) is 11.6. The summed E-state index contributed by atoms with van der Waals surface area (Å²) >= 11 is 0. The highest BCUT2D eigenvalue weighted by atomic mass is 16.6. The molecule has 0 aliphatic rings. The summed E-state index contributed by atoms with van der Waals surface area (Å²) in [6.07, 6.45) is -0.754. The standard InChI is InChI=1S/C12H15N3O4/c1-2-14-7-10(16)8-19-12-4-3-9(6-13)5-11(12)15(17)18/h3-5,10,14,16H,2,7-8H2,1H3. The van der Waals surface area contributed by atoms with Crippen LogP contribution < -0.4 is 10.1 Å². The summed E-state index contributed by atoms with van der Waals surface area (Å²) in [6.45, 7) is 2.91. The van der Waals surface area contributed by atoms with Crippen LogP contribution >= 0.6 is 0 Å². The number of nitro benzene ring substituents is 1. The van der Waals surface area contributed by atoms with Gasteiger partial charge in [-0.25, -0.2) is 0 Å². The fraction of sp³-hybridized carbons (Fsp3) is 0.417. The summed E-state index contributed by atoms with van der Waals surface area (Å²) in [5.74, 6) is 0.0412. The van der Waals surface area contributed by atoms with Gasteiger partial charge in [0.05, 0.1) is 16.6 Å². The highest BCUT2D eigenvalue weighted by Crippen LogP contribution is 2.27. The molecular formula is C12H15N3O4. The number of benzene rings is 1. The molecule has 102 valence electrons. The average Bonchev–Trinajstić information content (AvgIpc) is 2.42. The number of nitrogens with zero attached hydrogens (tertiary/aromatic N) is 2. The highest BCUT2D eigenvalue weighted by molar-refractivity contribution is 5.51. The molecule has 0 aromatic heterocycles. The van der Waals surface area contributed by atoms with Gasteiger partial charge in [0.1, 0.15) is 12.7 Å². The number of nitro groups is 1. The second kappa shape index (κ2) is 7.31. The summed E-state index contributed by atoms with van der Waals surface area (Å²) in [4.78, 5) is 10.2. The SMILES string of the molecule is CCNCC(O)COc1ccc(C#N)cc1[N+](=O)[O-]. The third kappa shape index (κ3) is 4.54. The minimum absolute atomic E-state index is 0.0412. The molecule has 1 unspecified atom stereocenters. The predicted molar refractivity (Wildman–Crippen MR) is 67.9 cm³/mol. The first-order valence-corrected chi connectivity index (χ1v) is 5.78. The van der Waals surface area contributed by atoms with Crippen molar-refractivity contribution < 1.29 is 14.8 Å². The molecule has 0 radical (unpaired) electrons. The van der Waals surface area contributed by atoms with Gasteiger partial charge in [-0.3, -0.25) is 10.1 Å². The number of ether oxygens (including phenoxy) is 1. The van der Waals surface area contributed by atoms with Crippen LogP contribution in [0.5, 0.6) is 5.75 Å². The monoisotopic (exact) mass is 265 g/mol. The fourth-order valence-corrected chi connectivity index (χ4v) is 1.41. The molecule has 0 saturated carbocycles. The Morgan fingerprint density at radius 1 is 1.63 bits per heavy atom. The zero-order chi connectivity index (χ0) is 14.3. The zero-order valence-corrected chi connectivity index (χ0v) is 10.5. The average molecular weight is 265 g/mol. The Labute approximate surface area is 110 Å². The maximum absolute atomic E-state index is 10.8. The minimum atomic E-state index is -0.754.